The molecule has 2 N–H and O–H groups in total. The molecule has 3 aromatic rings. The van der Waals surface area contributed by atoms with E-state index in [1.54, 1.807) is 50.4 Å². The van der Waals surface area contributed by atoms with E-state index >= 15 is 0 Å². The molecule has 198 valence electrons. The maximum Gasteiger partial charge on any atom is 0.408 e. The summed E-state index contributed by atoms with van der Waals surface area (Å²) in [4.78, 5) is 26.5. The van der Waals surface area contributed by atoms with E-state index < -0.39 is 22.5 Å². The third-order valence-corrected chi connectivity index (χ3v) is 6.93. The van der Waals surface area contributed by atoms with Gasteiger partial charge < -0.3 is 20.1 Å². The lowest BCUT2D eigenvalue weighted by atomic mass is 10.0. The van der Waals surface area contributed by atoms with E-state index in [2.05, 4.69) is 15.7 Å². The first-order valence-electron chi connectivity index (χ1n) is 12.1. The molecule has 0 aliphatic rings. The molecular formula is C28H36N4O4S. The number of aromatic nitrogens is 2. The van der Waals surface area contributed by atoms with Gasteiger partial charge in [-0.25, -0.2) is 9.48 Å². The lowest BCUT2D eigenvalue weighted by Gasteiger charge is -2.34. The number of nitrogens with one attached hydrogen (secondary N) is 2. The molecule has 1 heterocycles. The van der Waals surface area contributed by atoms with Crippen LogP contribution in [0.2, 0.25) is 0 Å². The molecule has 0 spiro atoms. The Hall–Kier alpha value is -3.46. The van der Waals surface area contributed by atoms with Gasteiger partial charge in [0, 0.05) is 16.6 Å². The average molecular weight is 525 g/mol. The van der Waals surface area contributed by atoms with Crippen molar-refractivity contribution < 1.29 is 19.1 Å². The molecular weight excluding hydrogens is 488 g/mol. The van der Waals surface area contributed by atoms with Crippen molar-refractivity contribution in [2.75, 3.05) is 12.4 Å². The van der Waals surface area contributed by atoms with Crippen LogP contribution in [-0.2, 0) is 15.3 Å². The number of benzene rings is 2. The van der Waals surface area contributed by atoms with Crippen molar-refractivity contribution in [1.82, 2.24) is 15.1 Å². The lowest BCUT2D eigenvalue weighted by Crippen LogP contribution is -2.55. The number of ether oxygens (including phenoxy) is 2. The minimum Gasteiger partial charge on any atom is -0.497 e. The minimum absolute atomic E-state index is 0.366. The van der Waals surface area contributed by atoms with E-state index in [1.807, 2.05) is 75.4 Å². The molecule has 9 heteroatoms. The van der Waals surface area contributed by atoms with Crippen LogP contribution in [-0.4, -0.2) is 45.3 Å². The zero-order valence-electron chi connectivity index (χ0n) is 22.5. The van der Waals surface area contributed by atoms with Crippen LogP contribution in [0.3, 0.4) is 0 Å². The SMILES string of the molecule is COc1ccc(CSC(C)(C)[C@H](NC(=O)OC(C)(C)C)C(=O)Nc2cc(C)nn2-c2ccccc2)cc1. The number of carbonyl (C=O) groups excluding carboxylic acids is 2. The molecule has 1 aromatic heterocycles. The monoisotopic (exact) mass is 524 g/mol. The molecule has 0 radical (unpaired) electrons. The highest BCUT2D eigenvalue weighted by atomic mass is 32.2. The lowest BCUT2D eigenvalue weighted by molar-refractivity contribution is -0.118. The van der Waals surface area contributed by atoms with Gasteiger partial charge in [0.2, 0.25) is 5.91 Å². The number of amides is 2. The van der Waals surface area contributed by atoms with Crippen molar-refractivity contribution in [3.8, 4) is 11.4 Å². The van der Waals surface area contributed by atoms with E-state index in [1.165, 1.54) is 0 Å². The van der Waals surface area contributed by atoms with Gasteiger partial charge in [0.1, 0.15) is 23.2 Å². The molecule has 0 aliphatic carbocycles. The summed E-state index contributed by atoms with van der Waals surface area (Å²) in [5.41, 5.74) is 1.95. The van der Waals surface area contributed by atoms with Gasteiger partial charge in [0.15, 0.2) is 0 Å². The quantitative estimate of drug-likeness (QED) is 0.371. The Labute approximate surface area is 223 Å². The van der Waals surface area contributed by atoms with Gasteiger partial charge in [-0.2, -0.15) is 5.10 Å². The maximum absolute atomic E-state index is 13.7. The second-order valence-electron chi connectivity index (χ2n) is 10.2. The third kappa shape index (κ3) is 8.01. The zero-order valence-corrected chi connectivity index (χ0v) is 23.3. The van der Waals surface area contributed by atoms with E-state index in [0.717, 1.165) is 22.7 Å². The van der Waals surface area contributed by atoms with Gasteiger partial charge in [0.05, 0.1) is 18.5 Å². The van der Waals surface area contributed by atoms with Crippen LogP contribution >= 0.6 is 11.8 Å². The molecule has 37 heavy (non-hydrogen) atoms. The largest absolute Gasteiger partial charge is 0.497 e. The number of nitrogens with zero attached hydrogens (tertiary/aromatic N) is 2. The standard InChI is InChI=1S/C28H36N4O4S/c1-19-17-23(32(31-19)21-11-9-8-10-12-21)29-25(33)24(30-26(34)36-27(2,3)4)28(5,6)37-18-20-13-15-22(35-7)16-14-20/h8-17,24H,18H2,1-7H3,(H,29,33)(H,30,34)/t24-/m1/s1. The summed E-state index contributed by atoms with van der Waals surface area (Å²) >= 11 is 1.56. The van der Waals surface area contributed by atoms with Crippen LogP contribution in [0.25, 0.3) is 5.69 Å². The van der Waals surface area contributed by atoms with E-state index in [9.17, 15) is 9.59 Å². The first-order valence-corrected chi connectivity index (χ1v) is 13.1. The van der Waals surface area contributed by atoms with Crippen molar-refractivity contribution in [1.29, 1.82) is 0 Å². The summed E-state index contributed by atoms with van der Waals surface area (Å²) in [6.45, 7) is 11.1. The summed E-state index contributed by atoms with van der Waals surface area (Å²) in [5.74, 6) is 1.57. The zero-order chi connectivity index (χ0) is 27.2. The average Bonchev–Trinajstić information content (AvgIpc) is 3.20. The predicted molar refractivity (Wildman–Crippen MR) is 148 cm³/mol. The topological polar surface area (TPSA) is 94.5 Å². The van der Waals surface area contributed by atoms with Crippen molar-refractivity contribution in [3.05, 3.63) is 71.9 Å². The number of thioether (sulfide) groups is 1. The smallest absolute Gasteiger partial charge is 0.408 e. The molecule has 0 saturated heterocycles. The number of methoxy groups -OCH3 is 1. The Morgan fingerprint density at radius 3 is 2.27 bits per heavy atom. The van der Waals surface area contributed by atoms with E-state index in [-0.39, 0.29) is 5.91 Å². The normalized spacial score (nSPS) is 12.5. The number of hydrogen-bond donors (Lipinski definition) is 2. The van der Waals surface area contributed by atoms with Crippen LogP contribution in [0.4, 0.5) is 10.6 Å². The molecule has 3 rings (SSSR count). The van der Waals surface area contributed by atoms with Crippen LogP contribution in [0, 0.1) is 6.92 Å². The molecule has 0 bridgehead atoms. The summed E-state index contributed by atoms with van der Waals surface area (Å²) < 4.78 is 11.7. The number of rotatable bonds is 9. The molecule has 0 unspecified atom stereocenters. The van der Waals surface area contributed by atoms with Gasteiger partial charge in [-0.1, -0.05) is 30.3 Å². The summed E-state index contributed by atoms with van der Waals surface area (Å²) in [6.07, 6.45) is -0.654. The first kappa shape index (κ1) is 28.1. The van der Waals surface area contributed by atoms with Crippen LogP contribution in [0.1, 0.15) is 45.9 Å². The second kappa shape index (κ2) is 11.7. The molecule has 2 amide bonds. The Kier molecular flexibility index (Phi) is 8.91. The fourth-order valence-electron chi connectivity index (χ4n) is 3.61. The number of para-hydroxylation sites is 1. The van der Waals surface area contributed by atoms with E-state index in [0.29, 0.717) is 11.6 Å². The van der Waals surface area contributed by atoms with Gasteiger partial charge in [-0.05, 0) is 71.4 Å². The predicted octanol–water partition coefficient (Wildman–Crippen LogP) is 5.73. The van der Waals surface area contributed by atoms with Crippen molar-refractivity contribution >= 4 is 29.6 Å². The fourth-order valence-corrected chi connectivity index (χ4v) is 4.67. The highest BCUT2D eigenvalue weighted by Gasteiger charge is 2.38. The minimum atomic E-state index is -0.898. The van der Waals surface area contributed by atoms with Crippen LogP contribution < -0.4 is 15.4 Å². The molecule has 8 nitrogen and oxygen atoms in total. The van der Waals surface area contributed by atoms with Gasteiger partial charge >= 0.3 is 6.09 Å². The van der Waals surface area contributed by atoms with Gasteiger partial charge in [-0.15, -0.1) is 11.8 Å². The number of hydrogen-bond acceptors (Lipinski definition) is 6. The number of aryl methyl sites for hydroxylation is 1. The Morgan fingerprint density at radius 1 is 1.03 bits per heavy atom. The van der Waals surface area contributed by atoms with Crippen molar-refractivity contribution in [2.45, 2.75) is 63.7 Å². The summed E-state index contributed by atoms with van der Waals surface area (Å²) in [5, 5.41) is 10.3. The van der Waals surface area contributed by atoms with Gasteiger partial charge in [-0.3, -0.25) is 4.79 Å². The number of anilines is 1. The molecule has 1 atom stereocenters. The third-order valence-electron chi connectivity index (χ3n) is 5.47. The van der Waals surface area contributed by atoms with Gasteiger partial charge in [0.25, 0.3) is 0 Å². The summed E-state index contributed by atoms with van der Waals surface area (Å²) in [7, 11) is 1.63. The molecule has 2 aromatic carbocycles. The van der Waals surface area contributed by atoms with Crippen molar-refractivity contribution in [2.24, 2.45) is 0 Å². The Morgan fingerprint density at radius 2 is 1.68 bits per heavy atom. The number of carbonyl (C=O) groups is 2. The highest BCUT2D eigenvalue weighted by molar-refractivity contribution is 7.99. The maximum atomic E-state index is 13.7. The molecule has 0 aliphatic heterocycles. The van der Waals surface area contributed by atoms with Crippen LogP contribution in [0.15, 0.2) is 60.7 Å². The fraction of sp³-hybridized carbons (Fsp3) is 0.393. The molecule has 0 saturated carbocycles. The molecule has 0 fully saturated rings. The second-order valence-corrected chi connectivity index (χ2v) is 11.9. The summed E-state index contributed by atoms with van der Waals surface area (Å²) in [6, 6.07) is 18.2. The highest BCUT2D eigenvalue weighted by Crippen LogP contribution is 2.33. The Balaban J connectivity index is 1.84. The Bertz CT molecular complexity index is 1200. The first-order chi connectivity index (χ1) is 17.4. The van der Waals surface area contributed by atoms with Crippen LogP contribution in [0.5, 0.6) is 5.75 Å². The van der Waals surface area contributed by atoms with Crippen molar-refractivity contribution in [3.63, 3.8) is 0 Å². The van der Waals surface area contributed by atoms with E-state index in [4.69, 9.17) is 9.47 Å². The number of alkyl carbamates (subject to hydrolysis) is 1.